The summed E-state index contributed by atoms with van der Waals surface area (Å²) in [4.78, 5) is 10.2. The molecule has 0 heterocycles. The van der Waals surface area contributed by atoms with E-state index in [1.165, 1.54) is 0 Å². The van der Waals surface area contributed by atoms with Gasteiger partial charge in [0.1, 0.15) is 6.61 Å². The fourth-order valence-corrected chi connectivity index (χ4v) is 2.44. The van der Waals surface area contributed by atoms with Crippen LogP contribution < -0.4 is 0 Å². The average Bonchev–Trinajstić information content (AvgIpc) is 2.89. The molecule has 1 N–H and O–H groups in total. The summed E-state index contributed by atoms with van der Waals surface area (Å²) in [6, 6.07) is 0. The number of rotatable bonds is 32. The van der Waals surface area contributed by atoms with Crippen molar-refractivity contribution in [3.63, 3.8) is 0 Å². The van der Waals surface area contributed by atoms with Gasteiger partial charge in [-0.05, 0) is 5.92 Å². The number of hydrogen-bond acceptors (Lipinski definition) is 11. The Labute approximate surface area is 222 Å². The zero-order valence-corrected chi connectivity index (χ0v) is 22.9. The molecule has 0 bridgehead atoms. The summed E-state index contributed by atoms with van der Waals surface area (Å²) in [7, 11) is 0. The quantitative estimate of drug-likeness (QED) is 0.123. The second-order valence-electron chi connectivity index (χ2n) is 7.93. The van der Waals surface area contributed by atoms with Gasteiger partial charge >= 0.3 is 5.97 Å². The highest BCUT2D eigenvalue weighted by atomic mass is 16.6. The molecule has 0 saturated heterocycles. The molecule has 37 heavy (non-hydrogen) atoms. The molecule has 1 unspecified atom stereocenters. The van der Waals surface area contributed by atoms with E-state index in [9.17, 15) is 4.79 Å². The first kappa shape index (κ1) is 36.1. The first-order chi connectivity index (χ1) is 18.2. The molecule has 12 heteroatoms. The monoisotopic (exact) mass is 542 g/mol. The van der Waals surface area contributed by atoms with Crippen molar-refractivity contribution in [2.24, 2.45) is 5.92 Å². The van der Waals surface area contributed by atoms with E-state index in [4.69, 9.17) is 52.5 Å². The summed E-state index contributed by atoms with van der Waals surface area (Å²) in [6.45, 7) is 13.6. The molecule has 0 aromatic rings. The van der Waals surface area contributed by atoms with Crippen molar-refractivity contribution in [2.45, 2.75) is 20.3 Å². The van der Waals surface area contributed by atoms with E-state index in [-0.39, 0.29) is 13.2 Å². The van der Waals surface area contributed by atoms with Crippen LogP contribution in [-0.4, -0.2) is 143 Å². The highest BCUT2D eigenvalue weighted by Gasteiger charge is 1.99. The van der Waals surface area contributed by atoms with Gasteiger partial charge < -0.3 is 52.5 Å². The zero-order valence-electron chi connectivity index (χ0n) is 22.9. The van der Waals surface area contributed by atoms with Gasteiger partial charge in [0.2, 0.25) is 0 Å². The topological polar surface area (TPSA) is 130 Å². The molecule has 12 nitrogen and oxygen atoms in total. The van der Waals surface area contributed by atoms with Gasteiger partial charge in [-0.25, -0.2) is 4.79 Å². The summed E-state index contributed by atoms with van der Waals surface area (Å²) in [5.41, 5.74) is 0. The SMILES string of the molecule is CCC(C)COCCOCCOCCOCCOCCOCCOCCOCCOCCOCC(=O)O. The van der Waals surface area contributed by atoms with Crippen molar-refractivity contribution in [2.75, 3.05) is 132 Å². The van der Waals surface area contributed by atoms with Crippen LogP contribution in [0.15, 0.2) is 0 Å². The molecule has 0 rings (SSSR count). The van der Waals surface area contributed by atoms with Crippen molar-refractivity contribution in [3.05, 3.63) is 0 Å². The third-order valence-electron chi connectivity index (χ3n) is 4.67. The van der Waals surface area contributed by atoms with Crippen LogP contribution in [-0.2, 0) is 52.2 Å². The minimum absolute atomic E-state index is 0.247. The Morgan fingerprint density at radius 3 is 0.973 bits per heavy atom. The summed E-state index contributed by atoms with van der Waals surface area (Å²) >= 11 is 0. The van der Waals surface area contributed by atoms with Crippen LogP contribution in [0.25, 0.3) is 0 Å². The Balaban J connectivity index is 3.04. The number of carboxylic acid groups (broad SMARTS) is 1. The second kappa shape index (κ2) is 31.3. The van der Waals surface area contributed by atoms with Crippen LogP contribution in [0.2, 0.25) is 0 Å². The minimum Gasteiger partial charge on any atom is -0.480 e. The van der Waals surface area contributed by atoms with E-state index in [0.29, 0.717) is 118 Å². The van der Waals surface area contributed by atoms with E-state index in [2.05, 4.69) is 13.8 Å². The Hall–Kier alpha value is -0.930. The van der Waals surface area contributed by atoms with Gasteiger partial charge in [0.15, 0.2) is 0 Å². The molecule has 0 aromatic carbocycles. The van der Waals surface area contributed by atoms with Crippen LogP contribution in [0.3, 0.4) is 0 Å². The summed E-state index contributed by atoms with van der Waals surface area (Å²) in [6.07, 6.45) is 1.13. The maximum atomic E-state index is 10.2. The molecular weight excluding hydrogens is 492 g/mol. The summed E-state index contributed by atoms with van der Waals surface area (Å²) in [5.74, 6) is -0.398. The van der Waals surface area contributed by atoms with Crippen LogP contribution in [0.4, 0.5) is 0 Å². The largest absolute Gasteiger partial charge is 0.480 e. The van der Waals surface area contributed by atoms with Crippen LogP contribution in [0.5, 0.6) is 0 Å². The van der Waals surface area contributed by atoms with Crippen molar-refractivity contribution in [1.29, 1.82) is 0 Å². The van der Waals surface area contributed by atoms with Gasteiger partial charge in [-0.15, -0.1) is 0 Å². The zero-order chi connectivity index (χ0) is 27.1. The highest BCUT2D eigenvalue weighted by molar-refractivity contribution is 5.67. The third-order valence-corrected chi connectivity index (χ3v) is 4.67. The molecule has 0 aliphatic heterocycles. The number of hydrogen-bond donors (Lipinski definition) is 1. The maximum absolute atomic E-state index is 10.2. The molecule has 0 radical (unpaired) electrons. The van der Waals surface area contributed by atoms with Crippen molar-refractivity contribution in [1.82, 2.24) is 0 Å². The number of ether oxygens (including phenoxy) is 10. The van der Waals surface area contributed by atoms with Gasteiger partial charge in [0.05, 0.1) is 119 Å². The van der Waals surface area contributed by atoms with E-state index >= 15 is 0 Å². The van der Waals surface area contributed by atoms with E-state index in [0.717, 1.165) is 13.0 Å². The van der Waals surface area contributed by atoms with Crippen LogP contribution in [0.1, 0.15) is 20.3 Å². The Bertz CT molecular complexity index is 455. The normalized spacial score (nSPS) is 12.3. The number of aliphatic carboxylic acids is 1. The summed E-state index contributed by atoms with van der Waals surface area (Å²) in [5, 5.41) is 8.40. The van der Waals surface area contributed by atoms with Crippen LogP contribution in [0, 0.1) is 5.92 Å². The lowest BCUT2D eigenvalue weighted by Gasteiger charge is -2.10. The van der Waals surface area contributed by atoms with Gasteiger partial charge in [0, 0.05) is 6.61 Å². The highest BCUT2D eigenvalue weighted by Crippen LogP contribution is 1.99. The second-order valence-corrected chi connectivity index (χ2v) is 7.93. The molecule has 0 aliphatic carbocycles. The van der Waals surface area contributed by atoms with Crippen molar-refractivity contribution in [3.8, 4) is 0 Å². The van der Waals surface area contributed by atoms with E-state index in [1.807, 2.05) is 0 Å². The summed E-state index contributed by atoms with van der Waals surface area (Å²) < 4.78 is 53.6. The lowest BCUT2D eigenvalue weighted by atomic mass is 10.1. The van der Waals surface area contributed by atoms with Gasteiger partial charge in [-0.3, -0.25) is 0 Å². The molecule has 0 amide bonds. The smallest absolute Gasteiger partial charge is 0.329 e. The van der Waals surface area contributed by atoms with Gasteiger partial charge in [-0.1, -0.05) is 20.3 Å². The van der Waals surface area contributed by atoms with Crippen LogP contribution >= 0.6 is 0 Å². The lowest BCUT2D eigenvalue weighted by Crippen LogP contribution is -2.15. The molecule has 0 saturated carbocycles. The van der Waals surface area contributed by atoms with E-state index in [1.54, 1.807) is 0 Å². The Morgan fingerprint density at radius 2 is 0.730 bits per heavy atom. The van der Waals surface area contributed by atoms with E-state index < -0.39 is 5.97 Å². The number of carboxylic acids is 1. The fourth-order valence-electron chi connectivity index (χ4n) is 2.44. The molecule has 0 aliphatic rings. The maximum Gasteiger partial charge on any atom is 0.329 e. The molecular formula is C25H50O12. The molecule has 0 aromatic heterocycles. The molecule has 0 spiro atoms. The minimum atomic E-state index is -0.992. The molecule has 0 fully saturated rings. The molecule has 222 valence electrons. The Morgan fingerprint density at radius 1 is 0.486 bits per heavy atom. The van der Waals surface area contributed by atoms with Gasteiger partial charge in [-0.2, -0.15) is 0 Å². The number of carbonyl (C=O) groups is 1. The standard InChI is InChI=1S/C25H50O12/c1-3-24(2)22-36-20-18-34-16-14-32-12-10-30-8-6-28-4-5-29-7-9-31-11-13-33-15-17-35-19-21-37-23-25(26)27/h24H,3-23H2,1-2H3,(H,26,27). The average molecular weight is 543 g/mol. The Kier molecular flexibility index (Phi) is 30.5. The third kappa shape index (κ3) is 33.0. The molecule has 1 atom stereocenters. The first-order valence-corrected chi connectivity index (χ1v) is 13.2. The predicted octanol–water partition coefficient (Wildman–Crippen LogP) is 1.28. The first-order valence-electron chi connectivity index (χ1n) is 13.2. The predicted molar refractivity (Wildman–Crippen MR) is 135 cm³/mol. The lowest BCUT2D eigenvalue weighted by molar-refractivity contribution is -0.142. The fraction of sp³-hybridized carbons (Fsp3) is 0.960. The van der Waals surface area contributed by atoms with Crippen molar-refractivity contribution >= 4 is 5.97 Å². The van der Waals surface area contributed by atoms with Gasteiger partial charge in [0.25, 0.3) is 0 Å². The van der Waals surface area contributed by atoms with Crippen molar-refractivity contribution < 1.29 is 57.3 Å².